The summed E-state index contributed by atoms with van der Waals surface area (Å²) in [5, 5.41) is 2.96. The van der Waals surface area contributed by atoms with Crippen molar-refractivity contribution in [3.05, 3.63) is 94.7 Å². The molecule has 3 aliphatic heterocycles. The second kappa shape index (κ2) is 21.1. The Morgan fingerprint density at radius 1 is 0.820 bits per heavy atom. The van der Waals surface area contributed by atoms with Gasteiger partial charge in [-0.3, -0.25) is 0 Å². The summed E-state index contributed by atoms with van der Waals surface area (Å²) < 4.78 is 26.4. The van der Waals surface area contributed by atoms with Crippen molar-refractivity contribution in [1.29, 1.82) is 0 Å². The maximum atomic E-state index is 12.8. The summed E-state index contributed by atoms with van der Waals surface area (Å²) >= 11 is 0. The minimum Gasteiger partial charge on any atom is -0.449 e. The molecule has 1 saturated heterocycles. The van der Waals surface area contributed by atoms with Gasteiger partial charge in [-0.1, -0.05) is 90.1 Å². The largest absolute Gasteiger partial charge is 0.500 e. The molecule has 1 saturated carbocycles. The lowest BCUT2D eigenvalue weighted by Gasteiger charge is -2.34. The van der Waals surface area contributed by atoms with E-state index in [1.807, 2.05) is 20.8 Å². The van der Waals surface area contributed by atoms with Gasteiger partial charge in [0.25, 0.3) is 0 Å². The molecule has 0 spiro atoms. The lowest BCUT2D eigenvalue weighted by atomic mass is 9.79. The summed E-state index contributed by atoms with van der Waals surface area (Å²) in [5.74, 6) is 0.334. The van der Waals surface area contributed by atoms with Gasteiger partial charge in [-0.05, 0) is 88.6 Å². The van der Waals surface area contributed by atoms with Crippen molar-refractivity contribution in [3.63, 3.8) is 0 Å². The van der Waals surface area contributed by atoms with Crippen molar-refractivity contribution in [2.45, 2.75) is 137 Å². The molecule has 0 aromatic heterocycles. The van der Waals surface area contributed by atoms with E-state index < -0.39 is 8.80 Å². The first-order valence-corrected chi connectivity index (χ1v) is 25.7. The SMILES string of the molecule is CCCN1C(=CC=C2CCC(=CCC3N(CCC)c4ccccc4C3(C)C)C2=[N+]2CCC(COC(=O)NCCC[Si](OCC)(OCC)OCC)CC2)C(C)(C)c2ccccc21. The van der Waals surface area contributed by atoms with Crippen molar-refractivity contribution < 1.29 is 27.4 Å². The van der Waals surface area contributed by atoms with Crippen LogP contribution in [0.3, 0.4) is 0 Å². The average Bonchev–Trinajstić information content (AvgIpc) is 3.82. The number of carbonyl (C=O) groups excluding carboxylic acids is 1. The number of piperidine rings is 1. The third-order valence-corrected chi connectivity index (χ3v) is 16.7. The zero-order valence-electron chi connectivity index (χ0n) is 39.1. The lowest BCUT2D eigenvalue weighted by molar-refractivity contribution is -0.540. The zero-order valence-corrected chi connectivity index (χ0v) is 40.1. The summed E-state index contributed by atoms with van der Waals surface area (Å²) in [6.07, 6.45) is 15.2. The number of alkyl carbamates (subject to hydrolysis) is 1. The number of para-hydroxylation sites is 2. The van der Waals surface area contributed by atoms with Gasteiger partial charge in [0, 0.05) is 109 Å². The van der Waals surface area contributed by atoms with Gasteiger partial charge in [0.15, 0.2) is 0 Å². The van der Waals surface area contributed by atoms with Crippen molar-refractivity contribution in [3.8, 4) is 0 Å². The molecule has 1 aliphatic carbocycles. The summed E-state index contributed by atoms with van der Waals surface area (Å²) in [6.45, 7) is 26.7. The highest BCUT2D eigenvalue weighted by molar-refractivity contribution is 6.60. The fraction of sp³-hybridized carbons (Fsp3) is 0.608. The number of nitrogens with one attached hydrogen (secondary N) is 1. The number of nitrogens with zero attached hydrogens (tertiary/aromatic N) is 3. The summed E-state index contributed by atoms with van der Waals surface area (Å²) in [5.41, 5.74) is 11.4. The van der Waals surface area contributed by atoms with Gasteiger partial charge in [0.05, 0.1) is 6.61 Å². The van der Waals surface area contributed by atoms with Gasteiger partial charge >= 0.3 is 14.9 Å². The van der Waals surface area contributed by atoms with Crippen molar-refractivity contribution >= 4 is 32.0 Å². The van der Waals surface area contributed by atoms with Crippen LogP contribution < -0.4 is 15.1 Å². The van der Waals surface area contributed by atoms with Crippen LogP contribution in [-0.4, -0.2) is 90.4 Å². The van der Waals surface area contributed by atoms with E-state index in [1.165, 1.54) is 45.1 Å². The highest BCUT2D eigenvalue weighted by atomic mass is 28.4. The molecule has 9 nitrogen and oxygen atoms in total. The molecular formula is C51H77N4O5Si+. The molecule has 3 heterocycles. The van der Waals surface area contributed by atoms with Crippen molar-refractivity contribution in [2.75, 3.05) is 69.0 Å². The highest BCUT2D eigenvalue weighted by Gasteiger charge is 2.44. The summed E-state index contributed by atoms with van der Waals surface area (Å²) in [6, 6.07) is 19.1. The maximum absolute atomic E-state index is 12.8. The molecule has 0 bridgehead atoms. The fourth-order valence-electron chi connectivity index (χ4n) is 10.5. The Kier molecular flexibility index (Phi) is 16.2. The van der Waals surface area contributed by atoms with Crippen LogP contribution in [0.5, 0.6) is 0 Å². The number of hydrogen-bond donors (Lipinski definition) is 1. The molecule has 2 fully saturated rings. The van der Waals surface area contributed by atoms with Crippen LogP contribution in [0.15, 0.2) is 83.6 Å². The highest BCUT2D eigenvalue weighted by Crippen LogP contribution is 2.49. The number of ether oxygens (including phenoxy) is 1. The van der Waals surface area contributed by atoms with E-state index in [0.717, 1.165) is 71.1 Å². The summed E-state index contributed by atoms with van der Waals surface area (Å²) in [4.78, 5) is 18.1. The van der Waals surface area contributed by atoms with Crippen LogP contribution in [0.25, 0.3) is 0 Å². The first-order valence-electron chi connectivity index (χ1n) is 23.7. The topological polar surface area (TPSA) is 75.5 Å². The van der Waals surface area contributed by atoms with Gasteiger partial charge < -0.3 is 33.1 Å². The number of anilines is 2. The number of rotatable bonds is 19. The Morgan fingerprint density at radius 3 is 2.10 bits per heavy atom. The van der Waals surface area contributed by atoms with Crippen LogP contribution in [0.4, 0.5) is 16.2 Å². The number of fused-ring (bicyclic) bond motifs is 2. The quantitative estimate of drug-likeness (QED) is 0.0857. The first-order chi connectivity index (χ1) is 29.4. The normalized spacial score (nSPS) is 22.7. The number of carbonyl (C=O) groups is 1. The smallest absolute Gasteiger partial charge is 0.449 e. The third-order valence-electron chi connectivity index (χ3n) is 13.5. The Bertz CT molecular complexity index is 1910. The maximum Gasteiger partial charge on any atom is 0.500 e. The monoisotopic (exact) mass is 854 g/mol. The Balaban J connectivity index is 1.18. The van der Waals surface area contributed by atoms with Crippen LogP contribution in [0.2, 0.25) is 6.04 Å². The van der Waals surface area contributed by atoms with Gasteiger partial charge in [-0.15, -0.1) is 0 Å². The molecule has 2 aromatic carbocycles. The van der Waals surface area contributed by atoms with E-state index in [9.17, 15) is 4.79 Å². The number of hydrogen-bond acceptors (Lipinski definition) is 7. The van der Waals surface area contributed by atoms with Crippen LogP contribution >= 0.6 is 0 Å². The molecule has 6 rings (SSSR count). The van der Waals surface area contributed by atoms with E-state index in [-0.39, 0.29) is 16.9 Å². The van der Waals surface area contributed by atoms with Gasteiger partial charge in [-0.25, -0.2) is 9.37 Å². The predicted octanol–water partition coefficient (Wildman–Crippen LogP) is 10.7. The second-order valence-corrected chi connectivity index (χ2v) is 21.1. The van der Waals surface area contributed by atoms with E-state index in [2.05, 4.69) is 128 Å². The Labute approximate surface area is 369 Å². The predicted molar refractivity (Wildman–Crippen MR) is 253 cm³/mol. The second-order valence-electron chi connectivity index (χ2n) is 18.3. The molecular weight excluding hydrogens is 777 g/mol. The van der Waals surface area contributed by atoms with Crippen molar-refractivity contribution in [1.82, 2.24) is 5.32 Å². The average molecular weight is 854 g/mol. The molecule has 61 heavy (non-hydrogen) atoms. The van der Waals surface area contributed by atoms with Crippen LogP contribution in [0.1, 0.15) is 125 Å². The van der Waals surface area contributed by atoms with Gasteiger partial charge in [0.2, 0.25) is 5.71 Å². The summed E-state index contributed by atoms with van der Waals surface area (Å²) in [7, 11) is -2.73. The molecule has 1 atom stereocenters. The third kappa shape index (κ3) is 10.4. The van der Waals surface area contributed by atoms with Crippen LogP contribution in [-0.2, 0) is 28.8 Å². The zero-order chi connectivity index (χ0) is 43.6. The number of allylic oxidation sites excluding steroid dienone is 5. The van der Waals surface area contributed by atoms with Crippen molar-refractivity contribution in [2.24, 2.45) is 5.92 Å². The van der Waals surface area contributed by atoms with Gasteiger partial charge in [-0.2, -0.15) is 0 Å². The minimum atomic E-state index is -2.73. The van der Waals surface area contributed by atoms with E-state index in [0.29, 0.717) is 57.4 Å². The fourth-order valence-corrected chi connectivity index (χ4v) is 13.1. The number of benzene rings is 2. The van der Waals surface area contributed by atoms with E-state index in [1.54, 1.807) is 0 Å². The molecule has 334 valence electrons. The molecule has 1 amide bonds. The molecule has 4 aliphatic rings. The molecule has 10 heteroatoms. The minimum absolute atomic E-state index is 0.0594. The molecule has 1 unspecified atom stereocenters. The van der Waals surface area contributed by atoms with Crippen LogP contribution in [0, 0.1) is 5.92 Å². The molecule has 1 N–H and O–H groups in total. The molecule has 2 aromatic rings. The Morgan fingerprint density at radius 2 is 1.44 bits per heavy atom. The first kappa shape index (κ1) is 46.8. The Hall–Kier alpha value is -3.70. The number of amides is 1. The van der Waals surface area contributed by atoms with E-state index >= 15 is 0 Å². The van der Waals surface area contributed by atoms with Gasteiger partial charge in [0.1, 0.15) is 13.1 Å². The van der Waals surface area contributed by atoms with E-state index in [4.69, 9.17) is 18.0 Å². The standard InChI is InChI=1S/C51H76N4O5Si/c1-10-33-54-44-22-17-15-20-42(44)50(6,7)46(54)28-26-40-24-25-41(27-29-47-51(8,9)43-21-16-18-23-45(43)55(47)34-11-2)48(40)53-35-30-39(31-36-53)38-57-49(56)52-32-19-37-61(58-12-3,59-13-4)60-14-5/h15-18,20-23,26-28,39,47H,10-14,19,24-25,29-38H2,1-9H3/p+1. The lowest BCUT2D eigenvalue weighted by Crippen LogP contribution is -2.46. The molecule has 0 radical (unpaired) electrons.